The van der Waals surface area contributed by atoms with Crippen molar-refractivity contribution in [2.24, 2.45) is 11.7 Å². The number of carbonyl (C=O) groups is 3. The number of carboxylic acid groups (broad SMARTS) is 1. The highest BCUT2D eigenvalue weighted by Crippen LogP contribution is 2.50. The molecule has 10 nitrogen and oxygen atoms in total. The molecule has 1 rings (SSSR count). The zero-order valence-corrected chi connectivity index (χ0v) is 17.3. The number of rotatable bonds is 12. The Morgan fingerprint density at radius 1 is 1.21 bits per heavy atom. The molecule has 3 unspecified atom stereocenters. The molecule has 0 spiro atoms. The number of amides is 3. The summed E-state index contributed by atoms with van der Waals surface area (Å²) in [5.41, 5.74) is 5.85. The highest BCUT2D eigenvalue weighted by molar-refractivity contribution is 7.53. The van der Waals surface area contributed by atoms with E-state index >= 15 is 0 Å². The van der Waals surface area contributed by atoms with Gasteiger partial charge in [-0.3, -0.25) is 13.9 Å². The Morgan fingerprint density at radius 2 is 1.83 bits per heavy atom. The maximum absolute atomic E-state index is 12.7. The molecule has 0 aromatic heterocycles. The van der Waals surface area contributed by atoms with Crippen LogP contribution < -0.4 is 16.4 Å². The predicted molar refractivity (Wildman–Crippen MR) is 106 cm³/mol. The van der Waals surface area contributed by atoms with E-state index in [1.54, 1.807) is 13.8 Å². The van der Waals surface area contributed by atoms with Gasteiger partial charge in [0.2, 0.25) is 5.91 Å². The molecule has 29 heavy (non-hydrogen) atoms. The minimum Gasteiger partial charge on any atom is -0.479 e. The van der Waals surface area contributed by atoms with Gasteiger partial charge in [0, 0.05) is 19.4 Å². The lowest BCUT2D eigenvalue weighted by Gasteiger charge is -2.28. The molecule has 3 amide bonds. The molecule has 0 aliphatic carbocycles. The van der Waals surface area contributed by atoms with Crippen molar-refractivity contribution in [1.29, 1.82) is 0 Å². The number of hydrogen-bond donors (Lipinski definition) is 5. The highest BCUT2D eigenvalue weighted by atomic mass is 31.2. The lowest BCUT2D eigenvalue weighted by molar-refractivity contribution is -0.145. The predicted octanol–water partition coefficient (Wildman–Crippen LogP) is 1.43. The van der Waals surface area contributed by atoms with E-state index in [1.165, 1.54) is 0 Å². The van der Waals surface area contributed by atoms with Crippen LogP contribution in [0.1, 0.15) is 32.3 Å². The molecule has 0 heterocycles. The van der Waals surface area contributed by atoms with Crippen LogP contribution in [0.15, 0.2) is 30.3 Å². The first kappa shape index (κ1) is 24.6. The highest BCUT2D eigenvalue weighted by Gasteiger charge is 2.40. The average molecular weight is 429 g/mol. The average Bonchev–Trinajstić information content (AvgIpc) is 2.63. The van der Waals surface area contributed by atoms with Crippen LogP contribution in [-0.4, -0.2) is 46.3 Å². The summed E-state index contributed by atoms with van der Waals surface area (Å²) in [7, 11) is -4.54. The Bertz CT molecular complexity index is 742. The first-order chi connectivity index (χ1) is 13.5. The number of benzene rings is 1. The SMILES string of the molecule is CC(C)C(NC(=O)CCc1ccccc1)P(=O)(O)OC(CCNC(N)=O)C(=O)O. The largest absolute Gasteiger partial charge is 0.479 e. The van der Waals surface area contributed by atoms with E-state index in [4.69, 9.17) is 10.3 Å². The molecule has 1 aromatic carbocycles. The molecule has 0 aliphatic rings. The van der Waals surface area contributed by atoms with E-state index < -0.39 is 43.3 Å². The van der Waals surface area contributed by atoms with Crippen LogP contribution in [0.3, 0.4) is 0 Å². The molecule has 0 aliphatic heterocycles. The molecular formula is C18H28N3O7P. The van der Waals surface area contributed by atoms with Gasteiger partial charge in [-0.05, 0) is 17.9 Å². The third-order valence-corrected chi connectivity index (χ3v) is 6.02. The summed E-state index contributed by atoms with van der Waals surface area (Å²) in [6.45, 7) is 3.07. The first-order valence-electron chi connectivity index (χ1n) is 9.13. The van der Waals surface area contributed by atoms with Crippen LogP contribution in [-0.2, 0) is 25.1 Å². The molecule has 3 atom stereocenters. The van der Waals surface area contributed by atoms with Gasteiger partial charge in [-0.2, -0.15) is 0 Å². The van der Waals surface area contributed by atoms with E-state index in [1.807, 2.05) is 30.3 Å². The summed E-state index contributed by atoms with van der Waals surface area (Å²) in [6.07, 6.45) is -1.38. The smallest absolute Gasteiger partial charge is 0.351 e. The van der Waals surface area contributed by atoms with E-state index in [0.29, 0.717) is 6.42 Å². The van der Waals surface area contributed by atoms with Crippen molar-refractivity contribution in [3.05, 3.63) is 35.9 Å². The van der Waals surface area contributed by atoms with E-state index in [0.717, 1.165) is 5.56 Å². The number of aryl methyl sites for hydroxylation is 1. The standard InChI is InChI=1S/C18H28N3O7P/c1-12(2)16(21-15(22)9-8-13-6-4-3-5-7-13)29(26,27)28-14(17(23)24)10-11-20-18(19)25/h3-7,12,14,16H,8-11H2,1-2H3,(H,21,22)(H,23,24)(H,26,27)(H3,19,20,25). The van der Waals surface area contributed by atoms with Crippen LogP contribution in [0, 0.1) is 5.92 Å². The van der Waals surface area contributed by atoms with Crippen LogP contribution in [0.5, 0.6) is 0 Å². The topological polar surface area (TPSA) is 168 Å². The molecule has 0 bridgehead atoms. The Kier molecular flexibility index (Phi) is 9.80. The number of hydrogen-bond acceptors (Lipinski definition) is 5. The van der Waals surface area contributed by atoms with Crippen molar-refractivity contribution in [2.45, 2.75) is 45.0 Å². The van der Waals surface area contributed by atoms with Gasteiger partial charge in [0.25, 0.3) is 0 Å². The van der Waals surface area contributed by atoms with Crippen molar-refractivity contribution >= 4 is 25.5 Å². The fourth-order valence-electron chi connectivity index (χ4n) is 2.56. The summed E-state index contributed by atoms with van der Waals surface area (Å²) < 4.78 is 17.7. The van der Waals surface area contributed by atoms with E-state index in [-0.39, 0.29) is 19.4 Å². The third-order valence-electron chi connectivity index (χ3n) is 4.03. The first-order valence-corrected chi connectivity index (χ1v) is 10.8. The van der Waals surface area contributed by atoms with Gasteiger partial charge in [-0.15, -0.1) is 0 Å². The molecule has 11 heteroatoms. The number of aliphatic carboxylic acids is 1. The maximum Gasteiger partial charge on any atom is 0.351 e. The summed E-state index contributed by atoms with van der Waals surface area (Å²) >= 11 is 0. The van der Waals surface area contributed by atoms with E-state index in [2.05, 4.69) is 10.6 Å². The molecular weight excluding hydrogens is 401 g/mol. The minimum atomic E-state index is -4.54. The third kappa shape index (κ3) is 9.08. The van der Waals surface area contributed by atoms with Crippen molar-refractivity contribution in [2.75, 3.05) is 6.54 Å². The van der Waals surface area contributed by atoms with Crippen molar-refractivity contribution in [3.63, 3.8) is 0 Å². The van der Waals surface area contributed by atoms with Gasteiger partial charge in [-0.25, -0.2) is 9.59 Å². The maximum atomic E-state index is 12.7. The van der Waals surface area contributed by atoms with Crippen molar-refractivity contribution in [1.82, 2.24) is 10.6 Å². The molecule has 6 N–H and O–H groups in total. The Labute approximate surface area is 169 Å². The van der Waals surface area contributed by atoms with E-state index in [9.17, 15) is 28.9 Å². The van der Waals surface area contributed by atoms with Crippen LogP contribution in [0.4, 0.5) is 4.79 Å². The van der Waals surface area contributed by atoms with Gasteiger partial charge in [-0.1, -0.05) is 44.2 Å². The Morgan fingerprint density at radius 3 is 2.34 bits per heavy atom. The molecule has 0 saturated heterocycles. The lowest BCUT2D eigenvalue weighted by Crippen LogP contribution is -2.41. The summed E-state index contributed by atoms with van der Waals surface area (Å²) in [5, 5.41) is 13.9. The molecule has 162 valence electrons. The second kappa shape index (κ2) is 11.5. The summed E-state index contributed by atoms with van der Waals surface area (Å²) in [4.78, 5) is 44.6. The second-order valence-corrected chi connectivity index (χ2v) is 8.71. The van der Waals surface area contributed by atoms with Crippen LogP contribution in [0.25, 0.3) is 0 Å². The van der Waals surface area contributed by atoms with Crippen LogP contribution >= 0.6 is 7.60 Å². The number of carbonyl (C=O) groups excluding carboxylic acids is 2. The second-order valence-electron chi connectivity index (χ2n) is 6.82. The van der Waals surface area contributed by atoms with Gasteiger partial charge in [0.05, 0.1) is 0 Å². The molecule has 0 fully saturated rings. The number of primary amides is 1. The monoisotopic (exact) mass is 429 g/mol. The van der Waals surface area contributed by atoms with Crippen molar-refractivity contribution in [3.8, 4) is 0 Å². The molecule has 0 radical (unpaired) electrons. The minimum absolute atomic E-state index is 0.0954. The number of urea groups is 1. The van der Waals surface area contributed by atoms with Crippen LogP contribution in [0.2, 0.25) is 0 Å². The van der Waals surface area contributed by atoms with Crippen molar-refractivity contribution < 1.29 is 33.5 Å². The van der Waals surface area contributed by atoms with Gasteiger partial charge < -0.3 is 26.4 Å². The summed E-state index contributed by atoms with van der Waals surface area (Å²) in [6, 6.07) is 8.43. The zero-order valence-electron chi connectivity index (χ0n) is 16.4. The fourth-order valence-corrected chi connectivity index (χ4v) is 4.31. The van der Waals surface area contributed by atoms with Gasteiger partial charge in [0.15, 0.2) is 6.10 Å². The normalized spacial score (nSPS) is 15.2. The Hall–Kier alpha value is -2.42. The Balaban J connectivity index is 2.74. The number of carboxylic acids is 1. The fraction of sp³-hybridized carbons (Fsp3) is 0.500. The number of nitrogens with two attached hydrogens (primary N) is 1. The molecule has 0 saturated carbocycles. The molecule has 1 aromatic rings. The quantitative estimate of drug-likeness (QED) is 0.313. The number of nitrogens with one attached hydrogen (secondary N) is 2. The van der Waals surface area contributed by atoms with Gasteiger partial charge in [0.1, 0.15) is 5.78 Å². The lowest BCUT2D eigenvalue weighted by atomic mass is 10.1. The zero-order chi connectivity index (χ0) is 22.0. The summed E-state index contributed by atoms with van der Waals surface area (Å²) in [5.74, 6) is -3.70. The van der Waals surface area contributed by atoms with Gasteiger partial charge >= 0.3 is 19.6 Å².